The normalized spacial score (nSPS) is 15.2. The number of carbonyl (C=O) groups excluding carboxylic acids is 3. The molecule has 1 aliphatic heterocycles. The lowest BCUT2D eigenvalue weighted by Gasteiger charge is -2.28. The zero-order chi connectivity index (χ0) is 27.1. The van der Waals surface area contributed by atoms with Gasteiger partial charge >= 0.3 is 12.0 Å². The molecule has 0 radical (unpaired) electrons. The lowest BCUT2D eigenvalue weighted by molar-refractivity contribution is -0.139. The Labute approximate surface area is 222 Å². The van der Waals surface area contributed by atoms with Gasteiger partial charge < -0.3 is 30.0 Å². The number of urea groups is 1. The zero-order valence-electron chi connectivity index (χ0n) is 20.1. The van der Waals surface area contributed by atoms with Crippen LogP contribution in [0.25, 0.3) is 0 Å². The molecular weight excluding hydrogens is 527 g/mol. The van der Waals surface area contributed by atoms with Crippen molar-refractivity contribution in [2.75, 3.05) is 20.3 Å². The number of carbonyl (C=O) groups is 3. The fraction of sp³-hybridized carbons (Fsp3) is 0.250. The van der Waals surface area contributed by atoms with Crippen LogP contribution in [0.4, 0.5) is 4.79 Å². The zero-order valence-corrected chi connectivity index (χ0v) is 21.6. The maximum Gasteiger partial charge on any atom is 0.338 e. The Hall–Kier alpha value is -3.96. The molecule has 0 saturated heterocycles. The van der Waals surface area contributed by atoms with Gasteiger partial charge in [-0.25, -0.2) is 15.0 Å². The van der Waals surface area contributed by atoms with E-state index >= 15 is 0 Å². The number of nitrogens with one attached hydrogen (secondary N) is 3. The summed E-state index contributed by atoms with van der Waals surface area (Å²) < 4.78 is 16.1. The first-order valence-corrected chi connectivity index (χ1v) is 11.7. The molecule has 1 aliphatic rings. The maximum atomic E-state index is 12.5. The Morgan fingerprint density at radius 1 is 1.22 bits per heavy atom. The van der Waals surface area contributed by atoms with E-state index < -0.39 is 30.6 Å². The van der Waals surface area contributed by atoms with Crippen molar-refractivity contribution in [1.29, 1.82) is 0 Å². The predicted molar refractivity (Wildman–Crippen MR) is 136 cm³/mol. The van der Waals surface area contributed by atoms with E-state index in [0.29, 0.717) is 16.3 Å². The number of aromatic hydroxyl groups is 1. The number of hydrogen-bond acceptors (Lipinski definition) is 8. The van der Waals surface area contributed by atoms with Crippen molar-refractivity contribution in [3.63, 3.8) is 0 Å². The first-order chi connectivity index (χ1) is 17.6. The Kier molecular flexibility index (Phi) is 9.20. The van der Waals surface area contributed by atoms with E-state index in [-0.39, 0.29) is 40.0 Å². The average molecular weight is 551 g/mol. The summed E-state index contributed by atoms with van der Waals surface area (Å²) in [6.07, 6.45) is 1.18. The van der Waals surface area contributed by atoms with Crippen molar-refractivity contribution < 1.29 is 33.7 Å². The highest BCUT2D eigenvalue weighted by Crippen LogP contribution is 2.34. The largest absolute Gasteiger partial charge is 0.506 e. The molecule has 1 atom stereocenters. The molecule has 0 spiro atoms. The minimum atomic E-state index is -0.787. The van der Waals surface area contributed by atoms with Crippen LogP contribution in [0.2, 0.25) is 10.0 Å². The van der Waals surface area contributed by atoms with Crippen molar-refractivity contribution in [2.45, 2.75) is 19.9 Å². The molecule has 37 heavy (non-hydrogen) atoms. The van der Waals surface area contributed by atoms with Crippen LogP contribution in [-0.4, -0.2) is 49.6 Å². The van der Waals surface area contributed by atoms with Crippen LogP contribution in [0.1, 0.15) is 31.0 Å². The lowest BCUT2D eigenvalue weighted by Crippen LogP contribution is -2.45. The quantitative estimate of drug-likeness (QED) is 0.212. The number of benzene rings is 2. The number of hydrazone groups is 1. The van der Waals surface area contributed by atoms with E-state index in [2.05, 4.69) is 21.2 Å². The summed E-state index contributed by atoms with van der Waals surface area (Å²) in [6, 6.07) is 6.29. The molecular formula is C24H24Cl2N4O7. The summed E-state index contributed by atoms with van der Waals surface area (Å²) in [5.74, 6) is -0.887. The number of methoxy groups -OCH3 is 1. The number of nitrogens with zero attached hydrogens (tertiary/aromatic N) is 1. The van der Waals surface area contributed by atoms with Crippen LogP contribution in [0, 0.1) is 0 Å². The fourth-order valence-electron chi connectivity index (χ4n) is 3.44. The number of ether oxygens (including phenoxy) is 3. The summed E-state index contributed by atoms with van der Waals surface area (Å²) in [5, 5.41) is 19.3. The first kappa shape index (κ1) is 27.6. The molecule has 3 rings (SSSR count). The van der Waals surface area contributed by atoms with Crippen LogP contribution >= 0.6 is 23.2 Å². The highest BCUT2D eigenvalue weighted by atomic mass is 35.5. The number of phenols is 1. The molecule has 196 valence electrons. The summed E-state index contributed by atoms with van der Waals surface area (Å²) in [7, 11) is 1.41. The van der Waals surface area contributed by atoms with Gasteiger partial charge in [0, 0.05) is 16.3 Å². The first-order valence-electron chi connectivity index (χ1n) is 10.9. The molecule has 1 heterocycles. The van der Waals surface area contributed by atoms with Crippen molar-refractivity contribution in [3.05, 3.63) is 62.8 Å². The minimum Gasteiger partial charge on any atom is -0.506 e. The van der Waals surface area contributed by atoms with Crippen molar-refractivity contribution in [1.82, 2.24) is 16.1 Å². The topological polar surface area (TPSA) is 148 Å². The Balaban J connectivity index is 1.70. The van der Waals surface area contributed by atoms with Crippen molar-refractivity contribution in [2.24, 2.45) is 5.10 Å². The predicted octanol–water partition coefficient (Wildman–Crippen LogP) is 3.43. The maximum absolute atomic E-state index is 12.5. The van der Waals surface area contributed by atoms with Gasteiger partial charge in [0.15, 0.2) is 18.1 Å². The second kappa shape index (κ2) is 12.3. The van der Waals surface area contributed by atoms with E-state index in [1.165, 1.54) is 25.5 Å². The number of amides is 3. The number of phenolic OH excluding ortho intramolecular Hbond substituents is 1. The molecule has 0 aromatic heterocycles. The summed E-state index contributed by atoms with van der Waals surface area (Å²) in [5.41, 5.74) is 3.64. The highest BCUT2D eigenvalue weighted by Gasteiger charge is 2.32. The number of esters is 1. The molecule has 2 aromatic carbocycles. The number of rotatable bonds is 9. The number of halogens is 2. The van der Waals surface area contributed by atoms with Crippen LogP contribution in [0.3, 0.4) is 0 Å². The van der Waals surface area contributed by atoms with E-state index in [4.69, 9.17) is 37.4 Å². The Bertz CT molecular complexity index is 1280. The van der Waals surface area contributed by atoms with Gasteiger partial charge in [-0.2, -0.15) is 5.10 Å². The Morgan fingerprint density at radius 3 is 2.68 bits per heavy atom. The Morgan fingerprint density at radius 2 is 1.97 bits per heavy atom. The second-order valence-electron chi connectivity index (χ2n) is 7.61. The van der Waals surface area contributed by atoms with E-state index in [9.17, 15) is 19.5 Å². The van der Waals surface area contributed by atoms with Crippen molar-refractivity contribution in [3.8, 4) is 17.2 Å². The number of hydrogen-bond donors (Lipinski definition) is 4. The van der Waals surface area contributed by atoms with Crippen LogP contribution in [0.15, 0.2) is 46.7 Å². The fourth-order valence-corrected chi connectivity index (χ4v) is 3.95. The van der Waals surface area contributed by atoms with Crippen LogP contribution in [0.5, 0.6) is 17.2 Å². The molecule has 0 bridgehead atoms. The lowest BCUT2D eigenvalue weighted by atomic mass is 9.95. The van der Waals surface area contributed by atoms with E-state index in [1.54, 1.807) is 32.0 Å². The minimum absolute atomic E-state index is 0.0447. The average Bonchev–Trinajstić information content (AvgIpc) is 2.85. The van der Waals surface area contributed by atoms with Gasteiger partial charge in [0.2, 0.25) is 0 Å². The second-order valence-corrected chi connectivity index (χ2v) is 8.45. The van der Waals surface area contributed by atoms with Gasteiger partial charge in [0.05, 0.1) is 36.6 Å². The summed E-state index contributed by atoms with van der Waals surface area (Å²) in [4.78, 5) is 36.8. The molecule has 0 unspecified atom stereocenters. The molecule has 3 amide bonds. The van der Waals surface area contributed by atoms with Gasteiger partial charge in [-0.1, -0.05) is 29.3 Å². The van der Waals surface area contributed by atoms with Gasteiger partial charge in [-0.15, -0.1) is 0 Å². The van der Waals surface area contributed by atoms with E-state index in [0.717, 1.165) is 0 Å². The standard InChI is InChI=1S/C24H24Cl2N4O7/c1-4-36-23(33)20-12(2)28-24(34)29-21(20)13-5-6-17(18(8-13)35-3)37-11-19(31)30-27-10-14-7-15(25)9-16(26)22(14)32/h5-10,21,32H,4,11H2,1-3H3,(H,30,31)(H2,28,29,34)/b27-10-/t21-/m1/s1. The molecule has 0 aliphatic carbocycles. The molecule has 2 aromatic rings. The molecule has 13 heteroatoms. The van der Waals surface area contributed by atoms with Crippen LogP contribution < -0.4 is 25.5 Å². The molecule has 0 fully saturated rings. The highest BCUT2D eigenvalue weighted by molar-refractivity contribution is 6.36. The smallest absolute Gasteiger partial charge is 0.338 e. The van der Waals surface area contributed by atoms with Gasteiger partial charge in [0.1, 0.15) is 5.75 Å². The molecule has 4 N–H and O–H groups in total. The van der Waals surface area contributed by atoms with Gasteiger partial charge in [-0.05, 0) is 43.7 Å². The van der Waals surface area contributed by atoms with E-state index in [1.807, 2.05) is 0 Å². The summed E-state index contributed by atoms with van der Waals surface area (Å²) in [6.45, 7) is 3.06. The third kappa shape index (κ3) is 6.83. The SMILES string of the molecule is CCOC(=O)C1=C(C)NC(=O)N[C@@H]1c1ccc(OCC(=O)N/N=C\c2cc(Cl)cc(Cl)c2O)c(OC)c1. The van der Waals surface area contributed by atoms with Gasteiger partial charge in [0.25, 0.3) is 5.91 Å². The third-order valence-corrected chi connectivity index (χ3v) is 5.60. The monoisotopic (exact) mass is 550 g/mol. The van der Waals surface area contributed by atoms with Gasteiger partial charge in [-0.3, -0.25) is 4.79 Å². The van der Waals surface area contributed by atoms with Crippen molar-refractivity contribution >= 4 is 47.3 Å². The number of allylic oxidation sites excluding steroid dienone is 1. The third-order valence-electron chi connectivity index (χ3n) is 5.09. The molecule has 11 nitrogen and oxygen atoms in total. The van der Waals surface area contributed by atoms with Crippen LogP contribution in [-0.2, 0) is 14.3 Å². The summed E-state index contributed by atoms with van der Waals surface area (Å²) >= 11 is 11.8. The molecule has 0 saturated carbocycles.